The first-order chi connectivity index (χ1) is 11.1. The lowest BCUT2D eigenvalue weighted by Gasteiger charge is -2.29. The van der Waals surface area contributed by atoms with Crippen LogP contribution in [0.4, 0.5) is 5.69 Å². The molecule has 1 saturated carbocycles. The second-order valence-electron chi connectivity index (χ2n) is 6.12. The second-order valence-corrected chi connectivity index (χ2v) is 6.12. The molecule has 3 N–H and O–H groups in total. The highest BCUT2D eigenvalue weighted by molar-refractivity contribution is 5.99. The minimum absolute atomic E-state index is 0.156. The van der Waals surface area contributed by atoms with Gasteiger partial charge in [0, 0.05) is 25.0 Å². The van der Waals surface area contributed by atoms with E-state index in [1.54, 1.807) is 19.2 Å². The lowest BCUT2D eigenvalue weighted by Crippen LogP contribution is -2.38. The molecule has 1 aromatic rings. The van der Waals surface area contributed by atoms with E-state index in [9.17, 15) is 4.79 Å². The quantitative estimate of drug-likeness (QED) is 0.746. The summed E-state index contributed by atoms with van der Waals surface area (Å²) in [4.78, 5) is 16.5. The molecule has 1 heterocycles. The number of pyridine rings is 1. The van der Waals surface area contributed by atoms with Gasteiger partial charge in [0.25, 0.3) is 5.91 Å². The van der Waals surface area contributed by atoms with Crippen LogP contribution >= 0.6 is 0 Å². The van der Waals surface area contributed by atoms with Crippen molar-refractivity contribution in [2.45, 2.75) is 51.1 Å². The molecule has 0 saturated heterocycles. The number of aliphatic hydroxyl groups is 1. The van der Waals surface area contributed by atoms with Crippen molar-refractivity contribution in [2.24, 2.45) is 5.92 Å². The van der Waals surface area contributed by atoms with Gasteiger partial charge in [-0.1, -0.05) is 0 Å². The van der Waals surface area contributed by atoms with Gasteiger partial charge in [-0.25, -0.2) is 0 Å². The Morgan fingerprint density at radius 1 is 1.48 bits per heavy atom. The summed E-state index contributed by atoms with van der Waals surface area (Å²) in [6.45, 7) is 1.98. The van der Waals surface area contributed by atoms with Crippen molar-refractivity contribution in [1.29, 1.82) is 5.26 Å². The van der Waals surface area contributed by atoms with Crippen LogP contribution in [0.5, 0.6) is 0 Å². The zero-order chi connectivity index (χ0) is 16.7. The van der Waals surface area contributed by atoms with Crippen LogP contribution in [0.25, 0.3) is 0 Å². The zero-order valence-corrected chi connectivity index (χ0v) is 13.5. The van der Waals surface area contributed by atoms with Crippen molar-refractivity contribution in [3.05, 3.63) is 24.0 Å². The SMILES string of the molecule is C[C@H](C#N)Nc1ccncc1C(=O)NC1CCC(CCO)CC1. The number of amides is 1. The predicted molar refractivity (Wildman–Crippen MR) is 87.8 cm³/mol. The van der Waals surface area contributed by atoms with Crippen LogP contribution in [0, 0.1) is 17.2 Å². The number of carbonyl (C=O) groups excluding carboxylic acids is 1. The van der Waals surface area contributed by atoms with E-state index < -0.39 is 0 Å². The standard InChI is InChI=1S/C17H24N4O2/c1-12(10-18)20-16-6-8-19-11-15(16)17(23)21-14-4-2-13(3-5-14)7-9-22/h6,8,11-14,22H,2-5,7,9H2,1H3,(H,19,20)(H,21,23)/t12-,13?,14?/m1/s1. The van der Waals surface area contributed by atoms with E-state index in [1.807, 2.05) is 0 Å². The summed E-state index contributed by atoms with van der Waals surface area (Å²) in [5, 5.41) is 24.0. The van der Waals surface area contributed by atoms with Crippen LogP contribution in [0.1, 0.15) is 49.4 Å². The number of aliphatic hydroxyl groups excluding tert-OH is 1. The van der Waals surface area contributed by atoms with Gasteiger partial charge in [0.2, 0.25) is 0 Å². The number of anilines is 1. The van der Waals surface area contributed by atoms with Gasteiger partial charge in [-0.2, -0.15) is 5.26 Å². The van der Waals surface area contributed by atoms with Crippen molar-refractivity contribution < 1.29 is 9.90 Å². The van der Waals surface area contributed by atoms with Crippen molar-refractivity contribution in [3.63, 3.8) is 0 Å². The van der Waals surface area contributed by atoms with E-state index in [4.69, 9.17) is 10.4 Å². The second kappa shape index (κ2) is 8.49. The Morgan fingerprint density at radius 2 is 2.22 bits per heavy atom. The highest BCUT2D eigenvalue weighted by Gasteiger charge is 2.23. The first-order valence-corrected chi connectivity index (χ1v) is 8.16. The van der Waals surface area contributed by atoms with E-state index in [0.717, 1.165) is 32.1 Å². The number of nitriles is 1. The van der Waals surface area contributed by atoms with Gasteiger partial charge in [0.05, 0.1) is 17.3 Å². The van der Waals surface area contributed by atoms with Crippen molar-refractivity contribution in [1.82, 2.24) is 10.3 Å². The molecule has 1 amide bonds. The zero-order valence-electron chi connectivity index (χ0n) is 13.5. The molecule has 1 aliphatic rings. The van der Waals surface area contributed by atoms with E-state index in [1.165, 1.54) is 6.20 Å². The molecule has 0 spiro atoms. The van der Waals surface area contributed by atoms with Gasteiger partial charge < -0.3 is 15.7 Å². The Morgan fingerprint density at radius 3 is 2.87 bits per heavy atom. The molecule has 1 atom stereocenters. The molecule has 0 aromatic carbocycles. The number of aromatic nitrogens is 1. The maximum absolute atomic E-state index is 12.5. The normalized spacial score (nSPS) is 22.0. The molecule has 124 valence electrons. The number of rotatable bonds is 6. The Kier molecular flexibility index (Phi) is 6.36. The highest BCUT2D eigenvalue weighted by Crippen LogP contribution is 2.27. The molecule has 2 rings (SSSR count). The first kappa shape index (κ1) is 17.2. The maximum atomic E-state index is 12.5. The topological polar surface area (TPSA) is 98.0 Å². The lowest BCUT2D eigenvalue weighted by molar-refractivity contribution is 0.0919. The monoisotopic (exact) mass is 316 g/mol. The van der Waals surface area contributed by atoms with Gasteiger partial charge in [-0.15, -0.1) is 0 Å². The first-order valence-electron chi connectivity index (χ1n) is 8.16. The molecule has 0 radical (unpaired) electrons. The Bertz CT molecular complexity index is 562. The molecule has 1 aromatic heterocycles. The number of hydrogen-bond acceptors (Lipinski definition) is 5. The third-order valence-corrected chi connectivity index (χ3v) is 4.35. The van der Waals surface area contributed by atoms with Crippen molar-refractivity contribution in [2.75, 3.05) is 11.9 Å². The number of hydrogen-bond donors (Lipinski definition) is 3. The Labute approximate surface area is 136 Å². The van der Waals surface area contributed by atoms with E-state index >= 15 is 0 Å². The Balaban J connectivity index is 1.95. The van der Waals surface area contributed by atoms with Crippen LogP contribution < -0.4 is 10.6 Å². The van der Waals surface area contributed by atoms with E-state index in [0.29, 0.717) is 17.2 Å². The molecule has 6 heteroatoms. The van der Waals surface area contributed by atoms with Gasteiger partial charge in [0.1, 0.15) is 6.04 Å². The third-order valence-electron chi connectivity index (χ3n) is 4.35. The molecule has 6 nitrogen and oxygen atoms in total. The van der Waals surface area contributed by atoms with Crippen LogP contribution in [0.3, 0.4) is 0 Å². The van der Waals surface area contributed by atoms with Crippen molar-refractivity contribution >= 4 is 11.6 Å². The van der Waals surface area contributed by atoms with Gasteiger partial charge >= 0.3 is 0 Å². The molecule has 0 aliphatic heterocycles. The fourth-order valence-corrected chi connectivity index (χ4v) is 3.01. The summed E-state index contributed by atoms with van der Waals surface area (Å²) in [6.07, 6.45) is 7.93. The van der Waals surface area contributed by atoms with Crippen molar-refractivity contribution in [3.8, 4) is 6.07 Å². The fraction of sp³-hybridized carbons (Fsp3) is 0.588. The summed E-state index contributed by atoms with van der Waals surface area (Å²) in [5.74, 6) is 0.414. The summed E-state index contributed by atoms with van der Waals surface area (Å²) in [7, 11) is 0. The molecule has 23 heavy (non-hydrogen) atoms. The Hall–Kier alpha value is -2.13. The van der Waals surface area contributed by atoms with Crippen LogP contribution in [0.2, 0.25) is 0 Å². The lowest BCUT2D eigenvalue weighted by atomic mass is 9.84. The molecule has 1 fully saturated rings. The summed E-state index contributed by atoms with van der Waals surface area (Å²) in [6, 6.07) is 3.59. The minimum Gasteiger partial charge on any atom is -0.396 e. The third kappa shape index (κ3) is 4.93. The average Bonchev–Trinajstić information content (AvgIpc) is 2.57. The predicted octanol–water partition coefficient (Wildman–Crippen LogP) is 2.08. The molecular weight excluding hydrogens is 292 g/mol. The number of nitrogens with zero attached hydrogens (tertiary/aromatic N) is 2. The summed E-state index contributed by atoms with van der Waals surface area (Å²) < 4.78 is 0. The smallest absolute Gasteiger partial charge is 0.255 e. The van der Waals surface area contributed by atoms with Gasteiger partial charge in [-0.05, 0) is 51.0 Å². The maximum Gasteiger partial charge on any atom is 0.255 e. The van der Waals surface area contributed by atoms with E-state index in [2.05, 4.69) is 21.7 Å². The van der Waals surface area contributed by atoms with Crippen LogP contribution in [-0.4, -0.2) is 34.7 Å². The highest BCUT2D eigenvalue weighted by atomic mass is 16.3. The largest absolute Gasteiger partial charge is 0.396 e. The fourth-order valence-electron chi connectivity index (χ4n) is 3.01. The summed E-state index contributed by atoms with van der Waals surface area (Å²) >= 11 is 0. The molecule has 0 unspecified atom stereocenters. The average molecular weight is 316 g/mol. The van der Waals surface area contributed by atoms with Gasteiger partial charge in [-0.3, -0.25) is 9.78 Å². The van der Waals surface area contributed by atoms with Crippen LogP contribution in [-0.2, 0) is 0 Å². The molecule has 1 aliphatic carbocycles. The van der Waals surface area contributed by atoms with Crippen LogP contribution in [0.15, 0.2) is 18.5 Å². The van der Waals surface area contributed by atoms with E-state index in [-0.39, 0.29) is 24.6 Å². The molecule has 0 bridgehead atoms. The minimum atomic E-state index is -0.377. The number of carbonyl (C=O) groups is 1. The summed E-state index contributed by atoms with van der Waals surface area (Å²) in [5.41, 5.74) is 1.09. The number of nitrogens with one attached hydrogen (secondary N) is 2. The van der Waals surface area contributed by atoms with Gasteiger partial charge in [0.15, 0.2) is 0 Å². The molecular formula is C17H24N4O2.